The van der Waals surface area contributed by atoms with Gasteiger partial charge in [-0.3, -0.25) is 0 Å². The summed E-state index contributed by atoms with van der Waals surface area (Å²) in [5.41, 5.74) is 4.08. The zero-order chi connectivity index (χ0) is 15.9. The fourth-order valence-corrected chi connectivity index (χ4v) is 3.45. The Hall–Kier alpha value is -0.910. The third-order valence-corrected chi connectivity index (χ3v) is 4.73. The van der Waals surface area contributed by atoms with Crippen LogP contribution in [0.3, 0.4) is 0 Å². The summed E-state index contributed by atoms with van der Waals surface area (Å²) in [5, 5.41) is 2.83. The van der Waals surface area contributed by atoms with Gasteiger partial charge >= 0.3 is 6.09 Å². The second-order valence-corrected chi connectivity index (χ2v) is 7.44. The average Bonchev–Trinajstić information content (AvgIpc) is 2.91. The molecule has 2 saturated carbocycles. The lowest BCUT2D eigenvalue weighted by atomic mass is 9.75. The summed E-state index contributed by atoms with van der Waals surface area (Å²) >= 11 is 0. The predicted molar refractivity (Wildman–Crippen MR) is 76.2 cm³/mol. The van der Waals surface area contributed by atoms with Gasteiger partial charge in [0.05, 0.1) is 5.41 Å². The minimum atomic E-state index is -2.60. The summed E-state index contributed by atoms with van der Waals surface area (Å²) in [7, 11) is 0. The van der Waals surface area contributed by atoms with Crippen molar-refractivity contribution >= 4 is 6.09 Å². The van der Waals surface area contributed by atoms with Crippen molar-refractivity contribution in [3.05, 3.63) is 0 Å². The summed E-state index contributed by atoms with van der Waals surface area (Å²) in [6.07, 6.45) is 2.28. The topological polar surface area (TPSA) is 64.3 Å². The van der Waals surface area contributed by atoms with E-state index in [1.165, 1.54) is 0 Å². The third kappa shape index (κ3) is 3.47. The number of halogens is 2. The average molecular weight is 304 g/mol. The molecule has 0 aromatic carbocycles. The number of ether oxygens (including phenoxy) is 1. The van der Waals surface area contributed by atoms with E-state index in [1.807, 2.05) is 20.8 Å². The fourth-order valence-electron chi connectivity index (χ4n) is 3.45. The molecule has 2 aliphatic rings. The first-order chi connectivity index (χ1) is 9.60. The number of rotatable bonds is 3. The van der Waals surface area contributed by atoms with Crippen LogP contribution in [0.15, 0.2) is 0 Å². The highest BCUT2D eigenvalue weighted by molar-refractivity contribution is 5.68. The lowest BCUT2D eigenvalue weighted by Gasteiger charge is -2.34. The van der Waals surface area contributed by atoms with Crippen LogP contribution in [0.2, 0.25) is 0 Å². The molecule has 2 rings (SSSR count). The highest BCUT2D eigenvalue weighted by Crippen LogP contribution is 2.66. The molecule has 3 N–H and O–H groups in total. The number of nitrogens with one attached hydrogen (secondary N) is 1. The van der Waals surface area contributed by atoms with Gasteiger partial charge in [0, 0.05) is 19.0 Å². The Morgan fingerprint density at radius 3 is 2.19 bits per heavy atom. The smallest absolute Gasteiger partial charge is 0.407 e. The van der Waals surface area contributed by atoms with E-state index in [9.17, 15) is 13.6 Å². The van der Waals surface area contributed by atoms with E-state index in [1.54, 1.807) is 0 Å². The van der Waals surface area contributed by atoms with E-state index in [4.69, 9.17) is 10.5 Å². The SMILES string of the molecule is CC(C)(C)OC(=O)NC1CCC(C2(CN)CC2(F)F)CC1. The van der Waals surface area contributed by atoms with Crippen LogP contribution in [-0.4, -0.2) is 30.2 Å². The van der Waals surface area contributed by atoms with Crippen molar-refractivity contribution in [3.63, 3.8) is 0 Å². The van der Waals surface area contributed by atoms with Crippen LogP contribution in [0.25, 0.3) is 0 Å². The van der Waals surface area contributed by atoms with Gasteiger partial charge in [-0.25, -0.2) is 13.6 Å². The van der Waals surface area contributed by atoms with Crippen molar-refractivity contribution in [1.82, 2.24) is 5.32 Å². The molecule has 0 aromatic rings. The standard InChI is InChI=1S/C15H26F2N2O2/c1-13(2,3)21-12(20)19-11-6-4-10(5-7-11)14(9-18)8-15(14,16)17/h10-11H,4-9,18H2,1-3H3,(H,19,20). The molecular formula is C15H26F2N2O2. The van der Waals surface area contributed by atoms with Crippen molar-refractivity contribution in [2.24, 2.45) is 17.1 Å². The van der Waals surface area contributed by atoms with E-state index in [0.29, 0.717) is 25.7 Å². The summed E-state index contributed by atoms with van der Waals surface area (Å²) < 4.78 is 32.3. The zero-order valence-electron chi connectivity index (χ0n) is 13.0. The molecule has 4 nitrogen and oxygen atoms in total. The van der Waals surface area contributed by atoms with Gasteiger partial charge in [0.1, 0.15) is 5.60 Å². The third-order valence-electron chi connectivity index (χ3n) is 4.73. The van der Waals surface area contributed by atoms with Crippen LogP contribution in [0.5, 0.6) is 0 Å². The molecule has 2 fully saturated rings. The van der Waals surface area contributed by atoms with E-state index in [2.05, 4.69) is 5.32 Å². The van der Waals surface area contributed by atoms with Gasteiger partial charge in [-0.1, -0.05) is 0 Å². The maximum absolute atomic E-state index is 13.6. The van der Waals surface area contributed by atoms with E-state index < -0.39 is 23.0 Å². The van der Waals surface area contributed by atoms with Gasteiger partial charge in [0.25, 0.3) is 5.92 Å². The molecule has 0 bridgehead atoms. The number of nitrogens with two attached hydrogens (primary N) is 1. The number of amides is 1. The van der Waals surface area contributed by atoms with Crippen LogP contribution < -0.4 is 11.1 Å². The molecule has 1 atom stereocenters. The monoisotopic (exact) mass is 304 g/mol. The van der Waals surface area contributed by atoms with Crippen molar-refractivity contribution in [2.75, 3.05) is 6.54 Å². The van der Waals surface area contributed by atoms with Crippen molar-refractivity contribution in [1.29, 1.82) is 0 Å². The number of carbonyl (C=O) groups excluding carboxylic acids is 1. The fraction of sp³-hybridized carbons (Fsp3) is 0.933. The van der Waals surface area contributed by atoms with E-state index in [-0.39, 0.29) is 24.9 Å². The minimum Gasteiger partial charge on any atom is -0.444 e. The Kier molecular flexibility index (Phi) is 4.21. The van der Waals surface area contributed by atoms with Crippen molar-refractivity contribution in [2.45, 2.75) is 70.4 Å². The Morgan fingerprint density at radius 2 is 1.81 bits per heavy atom. The molecule has 0 aliphatic heterocycles. The highest BCUT2D eigenvalue weighted by atomic mass is 19.3. The Balaban J connectivity index is 1.80. The maximum Gasteiger partial charge on any atom is 0.407 e. The first kappa shape index (κ1) is 16.5. The number of alkyl carbamates (subject to hydrolysis) is 1. The minimum absolute atomic E-state index is 0.0123. The highest BCUT2D eigenvalue weighted by Gasteiger charge is 2.72. The van der Waals surface area contributed by atoms with Crippen LogP contribution in [-0.2, 0) is 4.74 Å². The first-order valence-corrected chi connectivity index (χ1v) is 7.67. The molecule has 0 spiro atoms. The van der Waals surface area contributed by atoms with Gasteiger partial charge in [-0.2, -0.15) is 0 Å². The number of carbonyl (C=O) groups is 1. The maximum atomic E-state index is 13.6. The van der Waals surface area contributed by atoms with Gasteiger partial charge in [-0.05, 0) is 52.4 Å². The van der Waals surface area contributed by atoms with Crippen molar-refractivity contribution in [3.8, 4) is 0 Å². The molecule has 1 amide bonds. The van der Waals surface area contributed by atoms with Gasteiger partial charge < -0.3 is 15.8 Å². The second-order valence-electron chi connectivity index (χ2n) is 7.44. The number of hydrogen-bond donors (Lipinski definition) is 2. The van der Waals surface area contributed by atoms with E-state index in [0.717, 1.165) is 0 Å². The first-order valence-electron chi connectivity index (χ1n) is 7.67. The molecule has 0 heterocycles. The zero-order valence-corrected chi connectivity index (χ0v) is 13.0. The van der Waals surface area contributed by atoms with Gasteiger partial charge in [0.15, 0.2) is 0 Å². The quantitative estimate of drug-likeness (QED) is 0.842. The summed E-state index contributed by atoms with van der Waals surface area (Å²) in [6, 6.07) is 0.0123. The summed E-state index contributed by atoms with van der Waals surface area (Å²) in [5.74, 6) is -2.63. The molecular weight excluding hydrogens is 278 g/mol. The van der Waals surface area contributed by atoms with Crippen LogP contribution in [0.1, 0.15) is 52.9 Å². The Morgan fingerprint density at radius 1 is 1.29 bits per heavy atom. The van der Waals surface area contributed by atoms with Crippen LogP contribution in [0, 0.1) is 11.3 Å². The lowest BCUT2D eigenvalue weighted by Crippen LogP contribution is -2.43. The molecule has 21 heavy (non-hydrogen) atoms. The Bertz CT molecular complexity index is 401. The van der Waals surface area contributed by atoms with Crippen LogP contribution in [0.4, 0.5) is 13.6 Å². The largest absolute Gasteiger partial charge is 0.444 e. The van der Waals surface area contributed by atoms with E-state index >= 15 is 0 Å². The summed E-state index contributed by atoms with van der Waals surface area (Å²) in [6.45, 7) is 5.48. The number of hydrogen-bond acceptors (Lipinski definition) is 3. The molecule has 6 heteroatoms. The second kappa shape index (κ2) is 5.38. The normalized spacial score (nSPS) is 35.1. The summed E-state index contributed by atoms with van der Waals surface area (Å²) in [4.78, 5) is 11.7. The lowest BCUT2D eigenvalue weighted by molar-refractivity contribution is 0.0262. The van der Waals surface area contributed by atoms with Gasteiger partial charge in [0.2, 0.25) is 0 Å². The number of alkyl halides is 2. The van der Waals surface area contributed by atoms with Gasteiger partial charge in [-0.15, -0.1) is 0 Å². The van der Waals surface area contributed by atoms with Crippen molar-refractivity contribution < 1.29 is 18.3 Å². The molecule has 0 aromatic heterocycles. The molecule has 2 aliphatic carbocycles. The molecule has 122 valence electrons. The van der Waals surface area contributed by atoms with Crippen LogP contribution >= 0.6 is 0 Å². The Labute approximate surface area is 124 Å². The molecule has 0 saturated heterocycles. The molecule has 1 unspecified atom stereocenters. The predicted octanol–water partition coefficient (Wildman–Crippen LogP) is 3.05. The molecule has 0 radical (unpaired) electrons.